The van der Waals surface area contributed by atoms with Gasteiger partial charge in [0.05, 0.1) is 12.1 Å². The van der Waals surface area contributed by atoms with Crippen molar-refractivity contribution in [2.24, 2.45) is 5.92 Å². The zero-order chi connectivity index (χ0) is 15.7. The van der Waals surface area contributed by atoms with Crippen molar-refractivity contribution in [3.63, 3.8) is 0 Å². The third kappa shape index (κ3) is 3.27. The number of β-amino-alcohol motifs (C(OH)–C–C–N with tert-alkyl or cyclic N) is 1. The summed E-state index contributed by atoms with van der Waals surface area (Å²) in [5, 5.41) is 10.8. The average Bonchev–Trinajstić information content (AvgIpc) is 2.79. The largest absolute Gasteiger partial charge is 0.387 e. The Bertz CT molecular complexity index is 444. The Morgan fingerprint density at radius 3 is 2.32 bits per heavy atom. The molecule has 3 fully saturated rings. The van der Waals surface area contributed by atoms with E-state index in [1.54, 1.807) is 6.92 Å². The molecule has 2 heterocycles. The molecule has 0 spiro atoms. The molecule has 124 valence electrons. The molecule has 22 heavy (non-hydrogen) atoms. The molecule has 1 N–H and O–H groups in total. The average molecular weight is 309 g/mol. The lowest BCUT2D eigenvalue weighted by molar-refractivity contribution is -0.138. The topological polar surface area (TPSA) is 64.1 Å². The molecular formula is C16H27N3O3. The lowest BCUT2D eigenvalue weighted by Gasteiger charge is -2.38. The standard InChI is InChI=1S/C16H27N3O3/c1-13(20)18-9-7-17(8-10-18)11-16(22)5-6-19(12-16)15(21)14-3-2-4-14/h14,22H,2-12H2,1H3/t16-/m0/s1. The first-order valence-electron chi connectivity index (χ1n) is 8.46. The molecule has 3 aliphatic rings. The molecule has 6 heteroatoms. The molecule has 0 aromatic carbocycles. The molecule has 2 amide bonds. The minimum absolute atomic E-state index is 0.122. The first-order valence-corrected chi connectivity index (χ1v) is 8.46. The van der Waals surface area contributed by atoms with E-state index in [2.05, 4.69) is 4.90 Å². The second-order valence-electron chi connectivity index (χ2n) is 7.14. The van der Waals surface area contributed by atoms with Crippen LogP contribution < -0.4 is 0 Å². The number of hydrogen-bond acceptors (Lipinski definition) is 4. The number of piperazine rings is 1. The van der Waals surface area contributed by atoms with Gasteiger partial charge in [-0.1, -0.05) is 6.42 Å². The molecule has 3 rings (SSSR count). The summed E-state index contributed by atoms with van der Waals surface area (Å²) in [5.74, 6) is 0.571. The van der Waals surface area contributed by atoms with Crippen LogP contribution in [0.2, 0.25) is 0 Å². The molecule has 2 aliphatic heterocycles. The van der Waals surface area contributed by atoms with Gasteiger partial charge in [0.15, 0.2) is 0 Å². The number of nitrogens with zero attached hydrogens (tertiary/aromatic N) is 3. The quantitative estimate of drug-likeness (QED) is 0.792. The van der Waals surface area contributed by atoms with E-state index in [1.807, 2.05) is 9.80 Å². The van der Waals surface area contributed by atoms with Crippen LogP contribution in [-0.2, 0) is 9.59 Å². The lowest BCUT2D eigenvalue weighted by Crippen LogP contribution is -2.53. The Hall–Kier alpha value is -1.14. The molecule has 0 bridgehead atoms. The number of carbonyl (C=O) groups excluding carboxylic acids is 2. The smallest absolute Gasteiger partial charge is 0.225 e. The van der Waals surface area contributed by atoms with Crippen LogP contribution in [0.1, 0.15) is 32.6 Å². The second-order valence-corrected chi connectivity index (χ2v) is 7.14. The summed E-state index contributed by atoms with van der Waals surface area (Å²) in [6.45, 7) is 6.43. The van der Waals surface area contributed by atoms with Crippen LogP contribution in [0, 0.1) is 5.92 Å². The molecule has 1 atom stereocenters. The van der Waals surface area contributed by atoms with Crippen molar-refractivity contribution in [2.45, 2.75) is 38.2 Å². The van der Waals surface area contributed by atoms with E-state index in [9.17, 15) is 14.7 Å². The van der Waals surface area contributed by atoms with Crippen molar-refractivity contribution < 1.29 is 14.7 Å². The third-order valence-corrected chi connectivity index (χ3v) is 5.43. The summed E-state index contributed by atoms with van der Waals surface area (Å²) < 4.78 is 0. The molecule has 0 aromatic heterocycles. The fourth-order valence-electron chi connectivity index (χ4n) is 3.72. The fourth-order valence-corrected chi connectivity index (χ4v) is 3.72. The van der Waals surface area contributed by atoms with Crippen molar-refractivity contribution in [3.8, 4) is 0 Å². The minimum Gasteiger partial charge on any atom is -0.387 e. The van der Waals surface area contributed by atoms with Gasteiger partial charge in [-0.15, -0.1) is 0 Å². The van der Waals surface area contributed by atoms with Gasteiger partial charge in [0, 0.05) is 52.1 Å². The predicted molar refractivity (Wildman–Crippen MR) is 82.2 cm³/mol. The summed E-state index contributed by atoms with van der Waals surface area (Å²) in [6, 6.07) is 0. The van der Waals surface area contributed by atoms with Crippen LogP contribution in [0.25, 0.3) is 0 Å². The van der Waals surface area contributed by atoms with Gasteiger partial charge in [0.2, 0.25) is 11.8 Å². The monoisotopic (exact) mass is 309 g/mol. The predicted octanol–water partition coefficient (Wildman–Crippen LogP) is -0.0860. The van der Waals surface area contributed by atoms with E-state index in [0.29, 0.717) is 26.1 Å². The highest BCUT2D eigenvalue weighted by Crippen LogP contribution is 2.31. The molecule has 0 radical (unpaired) electrons. The Labute approximate surface area is 132 Å². The van der Waals surface area contributed by atoms with Gasteiger partial charge in [0.1, 0.15) is 0 Å². The fraction of sp³-hybridized carbons (Fsp3) is 0.875. The van der Waals surface area contributed by atoms with Gasteiger partial charge in [-0.05, 0) is 19.3 Å². The van der Waals surface area contributed by atoms with Crippen molar-refractivity contribution in [1.29, 1.82) is 0 Å². The summed E-state index contributed by atoms with van der Waals surface area (Å²) in [7, 11) is 0. The summed E-state index contributed by atoms with van der Waals surface area (Å²) >= 11 is 0. The Balaban J connectivity index is 1.48. The number of aliphatic hydroxyl groups is 1. The minimum atomic E-state index is -0.780. The number of likely N-dealkylation sites (tertiary alicyclic amines) is 1. The first-order chi connectivity index (χ1) is 10.5. The van der Waals surface area contributed by atoms with E-state index in [-0.39, 0.29) is 17.7 Å². The molecule has 0 unspecified atom stereocenters. The van der Waals surface area contributed by atoms with Gasteiger partial charge in [-0.2, -0.15) is 0 Å². The number of rotatable bonds is 3. The highest BCUT2D eigenvalue weighted by atomic mass is 16.3. The zero-order valence-corrected chi connectivity index (χ0v) is 13.5. The van der Waals surface area contributed by atoms with Crippen molar-refractivity contribution >= 4 is 11.8 Å². The van der Waals surface area contributed by atoms with Crippen LogP contribution in [0.4, 0.5) is 0 Å². The zero-order valence-electron chi connectivity index (χ0n) is 13.5. The number of hydrogen-bond donors (Lipinski definition) is 1. The molecule has 1 aliphatic carbocycles. The van der Waals surface area contributed by atoms with Gasteiger partial charge in [0.25, 0.3) is 0 Å². The molecule has 2 saturated heterocycles. The highest BCUT2D eigenvalue weighted by molar-refractivity contribution is 5.80. The first kappa shape index (κ1) is 15.7. The van der Waals surface area contributed by atoms with Gasteiger partial charge in [-0.3, -0.25) is 14.5 Å². The maximum absolute atomic E-state index is 12.3. The SMILES string of the molecule is CC(=O)N1CCN(C[C@@]2(O)CCN(C(=O)C3CCC3)C2)CC1. The Morgan fingerprint density at radius 2 is 1.77 bits per heavy atom. The van der Waals surface area contributed by atoms with E-state index in [0.717, 1.165) is 45.4 Å². The molecule has 0 aromatic rings. The molecular weight excluding hydrogens is 282 g/mol. The maximum atomic E-state index is 12.3. The van der Waals surface area contributed by atoms with E-state index in [1.165, 1.54) is 0 Å². The van der Waals surface area contributed by atoms with Crippen LogP contribution in [0.3, 0.4) is 0 Å². The summed E-state index contributed by atoms with van der Waals surface area (Å²) in [4.78, 5) is 29.5. The van der Waals surface area contributed by atoms with Crippen LogP contribution in [-0.4, -0.2) is 83.0 Å². The van der Waals surface area contributed by atoms with Crippen LogP contribution in [0.15, 0.2) is 0 Å². The van der Waals surface area contributed by atoms with Gasteiger partial charge >= 0.3 is 0 Å². The van der Waals surface area contributed by atoms with Gasteiger partial charge in [-0.25, -0.2) is 0 Å². The van der Waals surface area contributed by atoms with E-state index >= 15 is 0 Å². The highest BCUT2D eigenvalue weighted by Gasteiger charge is 2.42. The molecule has 6 nitrogen and oxygen atoms in total. The van der Waals surface area contributed by atoms with Crippen molar-refractivity contribution in [1.82, 2.24) is 14.7 Å². The summed E-state index contributed by atoms with van der Waals surface area (Å²) in [5.41, 5.74) is -0.780. The van der Waals surface area contributed by atoms with Gasteiger partial charge < -0.3 is 14.9 Å². The summed E-state index contributed by atoms with van der Waals surface area (Å²) in [6.07, 6.45) is 3.86. The maximum Gasteiger partial charge on any atom is 0.225 e. The second kappa shape index (κ2) is 6.16. The lowest BCUT2D eigenvalue weighted by atomic mass is 9.84. The normalized spacial score (nSPS) is 30.5. The van der Waals surface area contributed by atoms with Crippen molar-refractivity contribution in [3.05, 3.63) is 0 Å². The number of carbonyl (C=O) groups is 2. The van der Waals surface area contributed by atoms with Crippen LogP contribution >= 0.6 is 0 Å². The number of amides is 2. The van der Waals surface area contributed by atoms with Crippen LogP contribution in [0.5, 0.6) is 0 Å². The van der Waals surface area contributed by atoms with E-state index in [4.69, 9.17) is 0 Å². The van der Waals surface area contributed by atoms with E-state index < -0.39 is 5.60 Å². The van der Waals surface area contributed by atoms with Crippen molar-refractivity contribution in [2.75, 3.05) is 45.8 Å². The Morgan fingerprint density at radius 1 is 1.09 bits per heavy atom. The molecule has 1 saturated carbocycles. The third-order valence-electron chi connectivity index (χ3n) is 5.43. The Kier molecular flexibility index (Phi) is 4.41.